The van der Waals surface area contributed by atoms with Crippen molar-refractivity contribution in [2.24, 2.45) is 5.73 Å². The number of methoxy groups -OCH3 is 1. The van der Waals surface area contributed by atoms with Crippen molar-refractivity contribution >= 4 is 5.82 Å². The quantitative estimate of drug-likeness (QED) is 0.783. The number of hydrogen-bond acceptors (Lipinski definition) is 4. The topological polar surface area (TPSA) is 60.2 Å². The van der Waals surface area contributed by atoms with Gasteiger partial charge in [-0.3, -0.25) is 0 Å². The lowest BCUT2D eigenvalue weighted by Crippen LogP contribution is -2.52. The Kier molecular flexibility index (Phi) is 2.77. The van der Waals surface area contributed by atoms with E-state index in [0.717, 1.165) is 31.0 Å². The van der Waals surface area contributed by atoms with Gasteiger partial charge in [0.1, 0.15) is 0 Å². The average molecular weight is 207 g/mol. The second-order valence-electron chi connectivity index (χ2n) is 4.12. The van der Waals surface area contributed by atoms with Crippen LogP contribution < -0.4 is 15.8 Å². The maximum absolute atomic E-state index is 6.11. The molecular formula is C11H17N3O. The summed E-state index contributed by atoms with van der Waals surface area (Å²) in [5.74, 6) is 1.54. The zero-order chi connectivity index (χ0) is 10.7. The van der Waals surface area contributed by atoms with Crippen molar-refractivity contribution in [3.63, 3.8) is 0 Å². The predicted octanol–water partition coefficient (Wildman–Crippen LogP) is 1.38. The summed E-state index contributed by atoms with van der Waals surface area (Å²) >= 11 is 0. The van der Waals surface area contributed by atoms with Crippen LogP contribution >= 0.6 is 0 Å². The number of hydrogen-bond donors (Lipinski definition) is 2. The molecule has 4 nitrogen and oxygen atoms in total. The first-order valence-electron chi connectivity index (χ1n) is 5.25. The first-order chi connectivity index (χ1) is 7.23. The summed E-state index contributed by atoms with van der Waals surface area (Å²) in [6.45, 7) is 0.764. The molecule has 0 amide bonds. The average Bonchev–Trinajstić information content (AvgIpc) is 2.24. The van der Waals surface area contributed by atoms with Gasteiger partial charge >= 0.3 is 0 Å². The Bertz CT molecular complexity index is 336. The van der Waals surface area contributed by atoms with Crippen molar-refractivity contribution in [2.45, 2.75) is 24.8 Å². The predicted molar refractivity (Wildman–Crippen MR) is 60.0 cm³/mol. The van der Waals surface area contributed by atoms with Crippen LogP contribution in [-0.4, -0.2) is 24.2 Å². The summed E-state index contributed by atoms with van der Waals surface area (Å²) in [6, 6.07) is 3.74. The molecule has 1 aromatic rings. The van der Waals surface area contributed by atoms with E-state index in [-0.39, 0.29) is 5.54 Å². The molecule has 0 unspecified atom stereocenters. The molecule has 1 fully saturated rings. The zero-order valence-electron chi connectivity index (χ0n) is 8.99. The van der Waals surface area contributed by atoms with Gasteiger partial charge < -0.3 is 15.8 Å². The van der Waals surface area contributed by atoms with Gasteiger partial charge in [0, 0.05) is 18.3 Å². The number of aromatic nitrogens is 1. The normalized spacial score (nSPS) is 18.0. The molecule has 0 atom stereocenters. The van der Waals surface area contributed by atoms with Crippen molar-refractivity contribution in [3.8, 4) is 5.75 Å². The molecule has 2 rings (SSSR count). The molecule has 15 heavy (non-hydrogen) atoms. The highest BCUT2D eigenvalue weighted by molar-refractivity contribution is 5.49. The van der Waals surface area contributed by atoms with Crippen LogP contribution in [-0.2, 0) is 0 Å². The third-order valence-corrected chi connectivity index (χ3v) is 2.95. The molecule has 1 heterocycles. The molecule has 0 saturated heterocycles. The fraction of sp³-hybridized carbons (Fsp3) is 0.545. The molecule has 4 heteroatoms. The second kappa shape index (κ2) is 4.06. The maximum Gasteiger partial charge on any atom is 0.168 e. The van der Waals surface area contributed by atoms with E-state index in [1.165, 1.54) is 6.42 Å². The highest BCUT2D eigenvalue weighted by Crippen LogP contribution is 2.30. The van der Waals surface area contributed by atoms with E-state index >= 15 is 0 Å². The van der Waals surface area contributed by atoms with Gasteiger partial charge in [-0.05, 0) is 31.4 Å². The molecule has 0 bridgehead atoms. The Hall–Kier alpha value is -1.29. The fourth-order valence-corrected chi connectivity index (χ4v) is 1.76. The number of nitrogens with zero attached hydrogens (tertiary/aromatic N) is 1. The van der Waals surface area contributed by atoms with Crippen molar-refractivity contribution < 1.29 is 4.74 Å². The largest absolute Gasteiger partial charge is 0.493 e. The van der Waals surface area contributed by atoms with Gasteiger partial charge in [0.15, 0.2) is 11.6 Å². The molecule has 0 spiro atoms. The van der Waals surface area contributed by atoms with Crippen LogP contribution in [0.5, 0.6) is 5.75 Å². The molecular weight excluding hydrogens is 190 g/mol. The minimum atomic E-state index is -0.0392. The van der Waals surface area contributed by atoms with Crippen LogP contribution in [0.3, 0.4) is 0 Å². The SMILES string of the molecule is COc1cccnc1NCC1(N)CCC1. The third-order valence-electron chi connectivity index (χ3n) is 2.95. The van der Waals surface area contributed by atoms with Crippen LogP contribution in [0, 0.1) is 0 Å². The lowest BCUT2D eigenvalue weighted by Gasteiger charge is -2.38. The number of ether oxygens (including phenoxy) is 1. The van der Waals surface area contributed by atoms with Crippen LogP contribution in [0.1, 0.15) is 19.3 Å². The van der Waals surface area contributed by atoms with E-state index in [9.17, 15) is 0 Å². The minimum absolute atomic E-state index is 0.0392. The van der Waals surface area contributed by atoms with E-state index < -0.39 is 0 Å². The van der Waals surface area contributed by atoms with Gasteiger partial charge in [-0.15, -0.1) is 0 Å². The summed E-state index contributed by atoms with van der Waals surface area (Å²) in [6.07, 6.45) is 5.16. The standard InChI is InChI=1S/C11H17N3O/c1-15-9-4-2-7-13-10(9)14-8-11(12)5-3-6-11/h2,4,7H,3,5-6,8,12H2,1H3,(H,13,14). The molecule has 1 aliphatic rings. The Labute approximate surface area is 89.8 Å². The highest BCUT2D eigenvalue weighted by Gasteiger charge is 2.32. The van der Waals surface area contributed by atoms with Crippen molar-refractivity contribution in [1.29, 1.82) is 0 Å². The van der Waals surface area contributed by atoms with Crippen LogP contribution in [0.15, 0.2) is 18.3 Å². The fourth-order valence-electron chi connectivity index (χ4n) is 1.76. The number of pyridine rings is 1. The third kappa shape index (κ3) is 2.21. The summed E-state index contributed by atoms with van der Waals surface area (Å²) < 4.78 is 5.20. The Balaban J connectivity index is 1.98. The summed E-state index contributed by atoms with van der Waals surface area (Å²) in [5, 5.41) is 3.25. The van der Waals surface area contributed by atoms with E-state index in [1.54, 1.807) is 13.3 Å². The molecule has 1 aliphatic carbocycles. The van der Waals surface area contributed by atoms with Gasteiger partial charge in [-0.2, -0.15) is 0 Å². The molecule has 3 N–H and O–H groups in total. The van der Waals surface area contributed by atoms with Crippen molar-refractivity contribution in [2.75, 3.05) is 19.0 Å². The lowest BCUT2D eigenvalue weighted by molar-refractivity contribution is 0.265. The minimum Gasteiger partial charge on any atom is -0.493 e. The lowest BCUT2D eigenvalue weighted by atomic mass is 9.78. The summed E-state index contributed by atoms with van der Waals surface area (Å²) in [7, 11) is 1.64. The van der Waals surface area contributed by atoms with Gasteiger partial charge in [0.2, 0.25) is 0 Å². The van der Waals surface area contributed by atoms with Crippen molar-refractivity contribution in [1.82, 2.24) is 4.98 Å². The molecule has 0 radical (unpaired) electrons. The Morgan fingerprint density at radius 1 is 1.60 bits per heavy atom. The van der Waals surface area contributed by atoms with Crippen LogP contribution in [0.25, 0.3) is 0 Å². The molecule has 0 aliphatic heterocycles. The number of nitrogens with one attached hydrogen (secondary N) is 1. The van der Waals surface area contributed by atoms with Gasteiger partial charge in [-0.1, -0.05) is 0 Å². The Morgan fingerprint density at radius 3 is 3.00 bits per heavy atom. The van der Waals surface area contributed by atoms with Crippen molar-refractivity contribution in [3.05, 3.63) is 18.3 Å². The first kappa shape index (κ1) is 10.2. The number of nitrogens with two attached hydrogens (primary N) is 1. The number of rotatable bonds is 4. The van der Waals surface area contributed by atoms with E-state index in [2.05, 4.69) is 10.3 Å². The van der Waals surface area contributed by atoms with E-state index in [4.69, 9.17) is 10.5 Å². The molecule has 1 saturated carbocycles. The van der Waals surface area contributed by atoms with Crippen LogP contribution in [0.4, 0.5) is 5.82 Å². The Morgan fingerprint density at radius 2 is 2.40 bits per heavy atom. The highest BCUT2D eigenvalue weighted by atomic mass is 16.5. The monoisotopic (exact) mass is 207 g/mol. The van der Waals surface area contributed by atoms with E-state index in [0.29, 0.717) is 0 Å². The maximum atomic E-state index is 6.11. The first-order valence-corrected chi connectivity index (χ1v) is 5.25. The van der Waals surface area contributed by atoms with Gasteiger partial charge in [0.25, 0.3) is 0 Å². The summed E-state index contributed by atoms with van der Waals surface area (Å²) in [5.41, 5.74) is 6.07. The zero-order valence-corrected chi connectivity index (χ0v) is 8.99. The summed E-state index contributed by atoms with van der Waals surface area (Å²) in [4.78, 5) is 4.22. The van der Waals surface area contributed by atoms with Gasteiger partial charge in [0.05, 0.1) is 7.11 Å². The molecule has 82 valence electrons. The smallest absolute Gasteiger partial charge is 0.168 e. The number of anilines is 1. The molecule has 0 aromatic carbocycles. The van der Waals surface area contributed by atoms with Gasteiger partial charge in [-0.25, -0.2) is 4.98 Å². The van der Waals surface area contributed by atoms with Crippen LogP contribution in [0.2, 0.25) is 0 Å². The second-order valence-corrected chi connectivity index (χ2v) is 4.12. The van der Waals surface area contributed by atoms with E-state index in [1.807, 2.05) is 12.1 Å². The molecule has 1 aromatic heterocycles.